The van der Waals surface area contributed by atoms with E-state index >= 15 is 0 Å². The average Bonchev–Trinajstić information content (AvgIpc) is 3.18. The molecule has 0 saturated carbocycles. The second kappa shape index (κ2) is 8.00. The summed E-state index contributed by atoms with van der Waals surface area (Å²) >= 11 is 0. The van der Waals surface area contributed by atoms with Gasteiger partial charge in [0, 0.05) is 25.0 Å². The van der Waals surface area contributed by atoms with Gasteiger partial charge in [0.05, 0.1) is 5.69 Å². The van der Waals surface area contributed by atoms with Gasteiger partial charge in [-0.25, -0.2) is 0 Å². The maximum atomic E-state index is 12.7. The Hall–Kier alpha value is -3.88. The number of amides is 2. The summed E-state index contributed by atoms with van der Waals surface area (Å²) in [6, 6.07) is 7.38. The largest absolute Gasteiger partial charge is 0.363 e. The number of primary amides is 1. The van der Waals surface area contributed by atoms with Gasteiger partial charge in [0.25, 0.3) is 11.8 Å². The van der Waals surface area contributed by atoms with E-state index in [0.29, 0.717) is 11.3 Å². The number of ketones is 1. The lowest BCUT2D eigenvalue weighted by Gasteiger charge is -2.16. The van der Waals surface area contributed by atoms with Crippen LogP contribution >= 0.6 is 0 Å². The maximum Gasteiger partial charge on any atom is 0.287 e. The van der Waals surface area contributed by atoms with Crippen molar-refractivity contribution in [3.63, 3.8) is 0 Å². The fourth-order valence-corrected chi connectivity index (χ4v) is 2.46. The first-order chi connectivity index (χ1) is 13.1. The lowest BCUT2D eigenvalue weighted by Crippen LogP contribution is -2.47. The Balaban J connectivity index is 1.84. The summed E-state index contributed by atoms with van der Waals surface area (Å²) in [7, 11) is 0. The topological polar surface area (TPSA) is 141 Å². The van der Waals surface area contributed by atoms with Crippen LogP contribution in [-0.4, -0.2) is 38.8 Å². The Bertz CT molecular complexity index is 956. The highest BCUT2D eigenvalue weighted by Gasteiger charge is 2.28. The van der Waals surface area contributed by atoms with Crippen molar-refractivity contribution < 1.29 is 18.9 Å². The van der Waals surface area contributed by atoms with Crippen LogP contribution in [0.5, 0.6) is 0 Å². The quantitative estimate of drug-likeness (QED) is 0.582. The molecule has 0 aliphatic heterocycles. The number of hydrogen-bond acceptors (Lipinski definition) is 7. The molecule has 3 aromatic rings. The number of nitrogens with zero attached hydrogens (tertiary/aromatic N) is 3. The standard InChI is InChI=1S/C18H15N5O4/c19-17(25)16(24)14(8-11-4-3-6-20-9-11)22-18(26)12-10-27-23-15(12)13-5-1-2-7-21-13/h1-7,9-10,14H,8H2,(H2,19,25)(H,22,26). The number of hydrogen-bond donors (Lipinski definition) is 2. The predicted octanol–water partition coefficient (Wildman–Crippen LogP) is 0.527. The zero-order valence-electron chi connectivity index (χ0n) is 14.0. The second-order valence-corrected chi connectivity index (χ2v) is 5.61. The molecule has 3 rings (SSSR count). The van der Waals surface area contributed by atoms with Crippen molar-refractivity contribution >= 4 is 17.6 Å². The molecular weight excluding hydrogens is 350 g/mol. The van der Waals surface area contributed by atoms with Gasteiger partial charge < -0.3 is 15.6 Å². The Morgan fingerprint density at radius 3 is 2.67 bits per heavy atom. The number of carbonyl (C=O) groups is 3. The van der Waals surface area contributed by atoms with Crippen molar-refractivity contribution in [2.24, 2.45) is 5.73 Å². The Morgan fingerprint density at radius 1 is 1.15 bits per heavy atom. The molecule has 1 unspecified atom stereocenters. The summed E-state index contributed by atoms with van der Waals surface area (Å²) in [5, 5.41) is 6.31. The molecule has 0 bridgehead atoms. The molecular formula is C18H15N5O4. The van der Waals surface area contributed by atoms with E-state index in [-0.39, 0.29) is 17.7 Å². The van der Waals surface area contributed by atoms with Gasteiger partial charge >= 0.3 is 0 Å². The smallest absolute Gasteiger partial charge is 0.287 e. The minimum absolute atomic E-state index is 0.0611. The number of pyridine rings is 2. The van der Waals surface area contributed by atoms with E-state index in [0.717, 1.165) is 6.26 Å². The summed E-state index contributed by atoms with van der Waals surface area (Å²) in [5.74, 6) is -2.69. The first-order valence-electron chi connectivity index (χ1n) is 7.95. The Kier molecular flexibility index (Phi) is 5.31. The molecule has 0 aliphatic carbocycles. The third-order valence-corrected chi connectivity index (χ3v) is 3.75. The lowest BCUT2D eigenvalue weighted by atomic mass is 10.0. The number of Topliss-reactive ketones (excluding diaryl/α,β-unsaturated/α-hetero) is 1. The maximum absolute atomic E-state index is 12.7. The molecule has 0 spiro atoms. The highest BCUT2D eigenvalue weighted by Crippen LogP contribution is 2.19. The van der Waals surface area contributed by atoms with Crippen LogP contribution < -0.4 is 11.1 Å². The molecule has 0 radical (unpaired) electrons. The van der Waals surface area contributed by atoms with Crippen LogP contribution in [0.4, 0.5) is 0 Å². The third kappa shape index (κ3) is 4.21. The predicted molar refractivity (Wildman–Crippen MR) is 93.1 cm³/mol. The second-order valence-electron chi connectivity index (χ2n) is 5.61. The minimum Gasteiger partial charge on any atom is -0.363 e. The van der Waals surface area contributed by atoms with Gasteiger partial charge in [-0.05, 0) is 23.8 Å². The van der Waals surface area contributed by atoms with E-state index in [4.69, 9.17) is 10.3 Å². The molecule has 0 aromatic carbocycles. The zero-order chi connectivity index (χ0) is 19.2. The van der Waals surface area contributed by atoms with Crippen molar-refractivity contribution in [3.8, 4) is 11.4 Å². The van der Waals surface area contributed by atoms with Gasteiger partial charge in [0.2, 0.25) is 5.78 Å². The van der Waals surface area contributed by atoms with Crippen molar-refractivity contribution in [2.45, 2.75) is 12.5 Å². The van der Waals surface area contributed by atoms with Gasteiger partial charge in [-0.3, -0.25) is 24.4 Å². The van der Waals surface area contributed by atoms with Crippen molar-refractivity contribution in [1.29, 1.82) is 0 Å². The molecule has 27 heavy (non-hydrogen) atoms. The number of nitrogens with two attached hydrogens (primary N) is 1. The highest BCUT2D eigenvalue weighted by atomic mass is 16.5. The lowest BCUT2D eigenvalue weighted by molar-refractivity contribution is -0.137. The average molecular weight is 365 g/mol. The summed E-state index contributed by atoms with van der Waals surface area (Å²) in [6.45, 7) is 0. The number of carbonyl (C=O) groups excluding carboxylic acids is 3. The molecule has 0 saturated heterocycles. The zero-order valence-corrected chi connectivity index (χ0v) is 14.0. The first kappa shape index (κ1) is 17.9. The van der Waals surface area contributed by atoms with Crippen LogP contribution in [0, 0.1) is 0 Å². The molecule has 0 fully saturated rings. The Morgan fingerprint density at radius 2 is 2.00 bits per heavy atom. The summed E-state index contributed by atoms with van der Waals surface area (Å²) in [4.78, 5) is 44.2. The Labute approximate surface area is 153 Å². The van der Waals surface area contributed by atoms with Gasteiger partial charge in [0.1, 0.15) is 23.6 Å². The summed E-state index contributed by atoms with van der Waals surface area (Å²) in [6.07, 6.45) is 5.86. The molecule has 3 heterocycles. The van der Waals surface area contributed by atoms with E-state index in [1.165, 1.54) is 6.20 Å². The van der Waals surface area contributed by atoms with E-state index in [1.807, 2.05) is 0 Å². The molecule has 9 heteroatoms. The monoisotopic (exact) mass is 365 g/mol. The molecule has 3 N–H and O–H groups in total. The van der Waals surface area contributed by atoms with Crippen molar-refractivity contribution in [3.05, 3.63) is 66.3 Å². The van der Waals surface area contributed by atoms with Crippen LogP contribution in [0.25, 0.3) is 11.4 Å². The van der Waals surface area contributed by atoms with Crippen LogP contribution in [0.3, 0.4) is 0 Å². The molecule has 9 nitrogen and oxygen atoms in total. The molecule has 1 atom stereocenters. The minimum atomic E-state index is -1.15. The van der Waals surface area contributed by atoms with Crippen molar-refractivity contribution in [1.82, 2.24) is 20.4 Å². The van der Waals surface area contributed by atoms with Crippen LogP contribution in [0.2, 0.25) is 0 Å². The van der Waals surface area contributed by atoms with E-state index in [9.17, 15) is 14.4 Å². The van der Waals surface area contributed by atoms with Crippen LogP contribution in [0.15, 0.2) is 59.7 Å². The van der Waals surface area contributed by atoms with Crippen LogP contribution in [-0.2, 0) is 16.0 Å². The number of rotatable bonds is 7. The third-order valence-electron chi connectivity index (χ3n) is 3.75. The summed E-state index contributed by atoms with van der Waals surface area (Å²) in [5.41, 5.74) is 6.51. The van der Waals surface area contributed by atoms with Gasteiger partial charge in [0.15, 0.2) is 0 Å². The number of nitrogens with one attached hydrogen (secondary N) is 1. The molecule has 136 valence electrons. The fourth-order valence-electron chi connectivity index (χ4n) is 2.46. The number of aromatic nitrogens is 3. The SMILES string of the molecule is NC(=O)C(=O)C(Cc1cccnc1)NC(=O)c1conc1-c1ccccn1. The molecule has 3 aromatic heterocycles. The van der Waals surface area contributed by atoms with Gasteiger partial charge in [-0.1, -0.05) is 17.3 Å². The van der Waals surface area contributed by atoms with E-state index in [1.54, 1.807) is 42.7 Å². The van der Waals surface area contributed by atoms with Gasteiger partial charge in [-0.2, -0.15) is 0 Å². The van der Waals surface area contributed by atoms with Gasteiger partial charge in [-0.15, -0.1) is 0 Å². The normalized spacial score (nSPS) is 11.6. The summed E-state index contributed by atoms with van der Waals surface area (Å²) < 4.78 is 4.89. The fraction of sp³-hybridized carbons (Fsp3) is 0.111. The first-order valence-corrected chi connectivity index (χ1v) is 7.95. The van der Waals surface area contributed by atoms with Crippen molar-refractivity contribution in [2.75, 3.05) is 0 Å². The molecule has 2 amide bonds. The molecule has 0 aliphatic rings. The highest BCUT2D eigenvalue weighted by molar-refractivity contribution is 6.38. The van der Waals surface area contributed by atoms with E-state index < -0.39 is 23.6 Å². The van der Waals surface area contributed by atoms with E-state index in [2.05, 4.69) is 20.4 Å². The van der Waals surface area contributed by atoms with Crippen LogP contribution in [0.1, 0.15) is 15.9 Å².